The van der Waals surface area contributed by atoms with E-state index in [1.807, 2.05) is 19.9 Å². The maximum Gasteiger partial charge on any atom is 0.311 e. The molecular formula is C15H23NO3. The molecule has 2 rings (SSSR count). The third kappa shape index (κ3) is 2.67. The summed E-state index contributed by atoms with van der Waals surface area (Å²) >= 11 is 0. The number of fused-ring (bicyclic) bond motifs is 2. The quantitative estimate of drug-likeness (QED) is 0.625. The van der Waals surface area contributed by atoms with Gasteiger partial charge in [-0.15, -0.1) is 0 Å². The minimum Gasteiger partial charge on any atom is -0.469 e. The summed E-state index contributed by atoms with van der Waals surface area (Å²) in [5, 5.41) is 3.05. The highest BCUT2D eigenvalue weighted by molar-refractivity contribution is 5.93. The van der Waals surface area contributed by atoms with Crippen LogP contribution in [0.1, 0.15) is 39.5 Å². The van der Waals surface area contributed by atoms with Gasteiger partial charge in [0.05, 0.1) is 13.0 Å². The summed E-state index contributed by atoms with van der Waals surface area (Å²) in [4.78, 5) is 24.0. The number of methoxy groups -OCH3 is 1. The highest BCUT2D eigenvalue weighted by Crippen LogP contribution is 2.48. The molecule has 1 N–H and O–H groups in total. The molecule has 19 heavy (non-hydrogen) atoms. The van der Waals surface area contributed by atoms with Gasteiger partial charge >= 0.3 is 5.97 Å². The van der Waals surface area contributed by atoms with Gasteiger partial charge in [-0.2, -0.15) is 0 Å². The van der Waals surface area contributed by atoms with Gasteiger partial charge < -0.3 is 10.1 Å². The number of ether oxygens (including phenoxy) is 1. The maximum atomic E-state index is 12.1. The van der Waals surface area contributed by atoms with Gasteiger partial charge in [-0.25, -0.2) is 0 Å². The van der Waals surface area contributed by atoms with Gasteiger partial charge in [0.1, 0.15) is 0 Å². The topological polar surface area (TPSA) is 55.4 Å². The van der Waals surface area contributed by atoms with E-state index in [-0.39, 0.29) is 23.8 Å². The largest absolute Gasteiger partial charge is 0.469 e. The van der Waals surface area contributed by atoms with Crippen molar-refractivity contribution < 1.29 is 14.3 Å². The monoisotopic (exact) mass is 265 g/mol. The van der Waals surface area contributed by atoms with Crippen LogP contribution in [0.2, 0.25) is 0 Å². The van der Waals surface area contributed by atoms with Gasteiger partial charge in [-0.3, -0.25) is 9.59 Å². The zero-order valence-corrected chi connectivity index (χ0v) is 11.9. The summed E-state index contributed by atoms with van der Waals surface area (Å²) in [6, 6.07) is -0.0427. The first kappa shape index (κ1) is 14.1. The normalized spacial score (nSPS) is 33.3. The minimum absolute atomic E-state index is 0.0427. The average Bonchev–Trinajstić information content (AvgIpc) is 2.99. The molecule has 0 aromatic carbocycles. The van der Waals surface area contributed by atoms with Gasteiger partial charge in [0.15, 0.2) is 0 Å². The molecule has 4 nitrogen and oxygen atoms in total. The van der Waals surface area contributed by atoms with Crippen molar-refractivity contribution in [3.8, 4) is 0 Å². The molecule has 2 saturated carbocycles. The highest BCUT2D eigenvalue weighted by Gasteiger charge is 2.51. The third-order valence-electron chi connectivity index (χ3n) is 4.56. The Kier molecular flexibility index (Phi) is 4.27. The standard InChI is InChI=1S/C15H23NO3/c1-4-5-9(2)14(17)16-13-11-7-6-10(8-11)12(13)15(18)19-3/h5,10-13H,4,6-8H2,1-3H3,(H,16,17)/b9-5+. The van der Waals surface area contributed by atoms with Crippen molar-refractivity contribution in [3.05, 3.63) is 11.6 Å². The number of rotatable bonds is 4. The number of hydrogen-bond acceptors (Lipinski definition) is 3. The average molecular weight is 265 g/mol. The van der Waals surface area contributed by atoms with E-state index in [0.29, 0.717) is 11.8 Å². The number of hydrogen-bond donors (Lipinski definition) is 1. The molecule has 2 fully saturated rings. The van der Waals surface area contributed by atoms with Crippen molar-refractivity contribution >= 4 is 11.9 Å². The van der Waals surface area contributed by atoms with Crippen LogP contribution in [0.5, 0.6) is 0 Å². The Balaban J connectivity index is 2.07. The molecule has 2 bridgehead atoms. The first-order chi connectivity index (χ1) is 9.08. The van der Waals surface area contributed by atoms with Crippen LogP contribution in [0.3, 0.4) is 0 Å². The van der Waals surface area contributed by atoms with Crippen LogP contribution in [0.4, 0.5) is 0 Å². The summed E-state index contributed by atoms with van der Waals surface area (Å²) in [5.41, 5.74) is 0.730. The van der Waals surface area contributed by atoms with E-state index in [1.54, 1.807) is 0 Å². The first-order valence-corrected chi connectivity index (χ1v) is 7.13. The van der Waals surface area contributed by atoms with Crippen LogP contribution >= 0.6 is 0 Å². The van der Waals surface area contributed by atoms with Crippen molar-refractivity contribution in [3.63, 3.8) is 0 Å². The molecule has 0 aromatic heterocycles. The van der Waals surface area contributed by atoms with Gasteiger partial charge in [-0.1, -0.05) is 13.0 Å². The Morgan fingerprint density at radius 1 is 1.32 bits per heavy atom. The number of carbonyl (C=O) groups excluding carboxylic acids is 2. The second kappa shape index (κ2) is 5.76. The van der Waals surface area contributed by atoms with Crippen LogP contribution < -0.4 is 5.32 Å². The van der Waals surface area contributed by atoms with Crippen LogP contribution in [0.25, 0.3) is 0 Å². The van der Waals surface area contributed by atoms with E-state index in [2.05, 4.69) is 5.32 Å². The van der Waals surface area contributed by atoms with Crippen molar-refractivity contribution in [2.75, 3.05) is 7.11 Å². The first-order valence-electron chi connectivity index (χ1n) is 7.13. The molecule has 0 heterocycles. The predicted octanol–water partition coefficient (Wildman–Crippen LogP) is 2.05. The highest BCUT2D eigenvalue weighted by atomic mass is 16.5. The van der Waals surface area contributed by atoms with Crippen LogP contribution in [0.15, 0.2) is 11.6 Å². The maximum absolute atomic E-state index is 12.1. The van der Waals surface area contributed by atoms with E-state index in [9.17, 15) is 9.59 Å². The summed E-state index contributed by atoms with van der Waals surface area (Å²) in [5.74, 6) is 0.454. The van der Waals surface area contributed by atoms with E-state index >= 15 is 0 Å². The fourth-order valence-corrected chi connectivity index (χ4v) is 3.64. The number of carbonyl (C=O) groups is 2. The second-order valence-electron chi connectivity index (χ2n) is 5.68. The lowest BCUT2D eigenvalue weighted by Crippen LogP contribution is -2.47. The SMILES string of the molecule is CC/C=C(\C)C(=O)NC1C2CCC(C2)C1C(=O)OC. The fraction of sp³-hybridized carbons (Fsp3) is 0.733. The Hall–Kier alpha value is -1.32. The van der Waals surface area contributed by atoms with Crippen molar-refractivity contribution in [1.82, 2.24) is 5.32 Å². The molecule has 0 saturated heterocycles. The molecule has 0 aromatic rings. The molecule has 4 atom stereocenters. The minimum atomic E-state index is -0.172. The molecule has 2 aliphatic carbocycles. The smallest absolute Gasteiger partial charge is 0.311 e. The molecule has 0 aliphatic heterocycles. The second-order valence-corrected chi connectivity index (χ2v) is 5.68. The van der Waals surface area contributed by atoms with Crippen molar-refractivity contribution in [2.45, 2.75) is 45.6 Å². The lowest BCUT2D eigenvalue weighted by molar-refractivity contribution is -0.148. The summed E-state index contributed by atoms with van der Waals surface area (Å²) < 4.78 is 4.90. The fourth-order valence-electron chi connectivity index (χ4n) is 3.64. The van der Waals surface area contributed by atoms with E-state index in [1.165, 1.54) is 7.11 Å². The number of nitrogens with one attached hydrogen (secondary N) is 1. The zero-order valence-electron chi connectivity index (χ0n) is 11.9. The number of amides is 1. The van der Waals surface area contributed by atoms with Gasteiger partial charge in [0, 0.05) is 11.6 Å². The van der Waals surface area contributed by atoms with Crippen LogP contribution in [-0.4, -0.2) is 25.0 Å². The Morgan fingerprint density at radius 2 is 2.00 bits per heavy atom. The van der Waals surface area contributed by atoms with Crippen molar-refractivity contribution in [1.29, 1.82) is 0 Å². The molecular weight excluding hydrogens is 242 g/mol. The van der Waals surface area contributed by atoms with Gasteiger partial charge in [0.2, 0.25) is 5.91 Å². The predicted molar refractivity (Wildman–Crippen MR) is 72.3 cm³/mol. The van der Waals surface area contributed by atoms with E-state index in [0.717, 1.165) is 31.3 Å². The Labute approximate surface area is 114 Å². The number of esters is 1. The van der Waals surface area contributed by atoms with Gasteiger partial charge in [-0.05, 0) is 44.4 Å². The van der Waals surface area contributed by atoms with Crippen LogP contribution in [0, 0.1) is 17.8 Å². The van der Waals surface area contributed by atoms with E-state index < -0.39 is 0 Å². The Morgan fingerprint density at radius 3 is 2.63 bits per heavy atom. The third-order valence-corrected chi connectivity index (χ3v) is 4.56. The molecule has 1 amide bonds. The molecule has 0 spiro atoms. The molecule has 2 aliphatic rings. The van der Waals surface area contributed by atoms with Crippen molar-refractivity contribution in [2.24, 2.45) is 17.8 Å². The zero-order chi connectivity index (χ0) is 14.0. The lowest BCUT2D eigenvalue weighted by atomic mass is 9.84. The van der Waals surface area contributed by atoms with Gasteiger partial charge in [0.25, 0.3) is 0 Å². The summed E-state index contributed by atoms with van der Waals surface area (Å²) in [6.07, 6.45) is 5.99. The molecule has 106 valence electrons. The lowest BCUT2D eigenvalue weighted by Gasteiger charge is -2.29. The molecule has 4 unspecified atom stereocenters. The Bertz CT molecular complexity index is 402. The van der Waals surface area contributed by atoms with E-state index in [4.69, 9.17) is 4.74 Å². The number of allylic oxidation sites excluding steroid dienone is 1. The molecule has 4 heteroatoms. The van der Waals surface area contributed by atoms with Crippen LogP contribution in [-0.2, 0) is 14.3 Å². The molecule has 0 radical (unpaired) electrons. The summed E-state index contributed by atoms with van der Waals surface area (Å²) in [6.45, 7) is 3.82. The summed E-state index contributed by atoms with van der Waals surface area (Å²) in [7, 11) is 1.43.